The molecule has 0 amide bonds. The number of hydrogen-bond acceptors (Lipinski definition) is 2. The smallest absolute Gasteiger partial charge is 0.141 e. The van der Waals surface area contributed by atoms with Gasteiger partial charge < -0.3 is 5.73 Å². The van der Waals surface area contributed by atoms with Crippen molar-refractivity contribution in [2.45, 2.75) is 44.6 Å². The molecular formula is C15H19BrClNO. The van der Waals surface area contributed by atoms with Crippen LogP contribution in [0.1, 0.15) is 37.7 Å². The van der Waals surface area contributed by atoms with Crippen molar-refractivity contribution in [2.24, 2.45) is 11.7 Å². The van der Waals surface area contributed by atoms with Gasteiger partial charge in [0.1, 0.15) is 5.78 Å². The molecule has 1 fully saturated rings. The van der Waals surface area contributed by atoms with Gasteiger partial charge in [-0.15, -0.1) is 0 Å². The molecule has 0 spiro atoms. The van der Waals surface area contributed by atoms with Gasteiger partial charge in [0.05, 0.1) is 0 Å². The lowest BCUT2D eigenvalue weighted by atomic mass is 9.88. The van der Waals surface area contributed by atoms with E-state index in [0.717, 1.165) is 35.7 Å². The van der Waals surface area contributed by atoms with E-state index in [9.17, 15) is 4.79 Å². The molecule has 2 nitrogen and oxygen atoms in total. The lowest BCUT2D eigenvalue weighted by Crippen LogP contribution is -2.35. The van der Waals surface area contributed by atoms with Gasteiger partial charge in [0.2, 0.25) is 0 Å². The van der Waals surface area contributed by atoms with Crippen molar-refractivity contribution >= 4 is 33.3 Å². The standard InChI is InChI=1S/C15H19BrClNO/c16-11-7-6-10(13(17)9-11)8-15(19)12-4-2-1-3-5-14(12)18/h6-7,9,12,14H,1-5,8,18H2. The molecule has 0 radical (unpaired) electrons. The molecule has 1 aliphatic carbocycles. The first-order valence-corrected chi connectivity index (χ1v) is 7.97. The van der Waals surface area contributed by atoms with Crippen LogP contribution in [-0.2, 0) is 11.2 Å². The van der Waals surface area contributed by atoms with Crippen molar-refractivity contribution in [3.8, 4) is 0 Å². The van der Waals surface area contributed by atoms with E-state index < -0.39 is 0 Å². The molecule has 1 aromatic rings. The van der Waals surface area contributed by atoms with E-state index in [1.807, 2.05) is 18.2 Å². The van der Waals surface area contributed by atoms with Gasteiger partial charge in [-0.25, -0.2) is 0 Å². The van der Waals surface area contributed by atoms with Gasteiger partial charge in [-0.3, -0.25) is 4.79 Å². The topological polar surface area (TPSA) is 43.1 Å². The average Bonchev–Trinajstić information content (AvgIpc) is 2.57. The van der Waals surface area contributed by atoms with Crippen LogP contribution in [0.5, 0.6) is 0 Å². The number of rotatable bonds is 3. The minimum atomic E-state index is 0.00205. The fourth-order valence-corrected chi connectivity index (χ4v) is 3.46. The Labute approximate surface area is 127 Å². The first-order chi connectivity index (χ1) is 9.08. The minimum absolute atomic E-state index is 0.00205. The van der Waals surface area contributed by atoms with Crippen molar-refractivity contribution in [3.05, 3.63) is 33.3 Å². The van der Waals surface area contributed by atoms with E-state index in [0.29, 0.717) is 11.4 Å². The van der Waals surface area contributed by atoms with Crippen LogP contribution >= 0.6 is 27.5 Å². The lowest BCUT2D eigenvalue weighted by molar-refractivity contribution is -0.123. The zero-order chi connectivity index (χ0) is 13.8. The highest BCUT2D eigenvalue weighted by molar-refractivity contribution is 9.10. The van der Waals surface area contributed by atoms with Crippen LogP contribution in [0.4, 0.5) is 0 Å². The van der Waals surface area contributed by atoms with Crippen LogP contribution in [0.25, 0.3) is 0 Å². The van der Waals surface area contributed by atoms with Crippen LogP contribution in [0.15, 0.2) is 22.7 Å². The number of ketones is 1. The zero-order valence-corrected chi connectivity index (χ0v) is 13.2. The number of nitrogens with two attached hydrogens (primary N) is 1. The first-order valence-electron chi connectivity index (χ1n) is 6.80. The highest BCUT2D eigenvalue weighted by atomic mass is 79.9. The van der Waals surface area contributed by atoms with Crippen LogP contribution in [0.3, 0.4) is 0 Å². The van der Waals surface area contributed by atoms with Crippen molar-refractivity contribution in [3.63, 3.8) is 0 Å². The third-order valence-corrected chi connectivity index (χ3v) is 4.71. The Bertz CT molecular complexity index is 463. The lowest BCUT2D eigenvalue weighted by Gasteiger charge is -2.20. The molecule has 0 aromatic heterocycles. The molecule has 0 heterocycles. The maximum atomic E-state index is 12.4. The normalized spacial score (nSPS) is 23.9. The van der Waals surface area contributed by atoms with Crippen molar-refractivity contribution in [2.75, 3.05) is 0 Å². The fourth-order valence-electron chi connectivity index (χ4n) is 2.72. The maximum Gasteiger partial charge on any atom is 0.141 e. The van der Waals surface area contributed by atoms with Crippen LogP contribution < -0.4 is 5.73 Å². The van der Waals surface area contributed by atoms with Gasteiger partial charge in [0, 0.05) is 27.9 Å². The Morgan fingerprint density at radius 2 is 2.05 bits per heavy atom. The molecule has 2 atom stereocenters. The van der Waals surface area contributed by atoms with Crippen LogP contribution in [-0.4, -0.2) is 11.8 Å². The fraction of sp³-hybridized carbons (Fsp3) is 0.533. The van der Waals surface area contributed by atoms with Gasteiger partial charge in [-0.05, 0) is 30.5 Å². The molecule has 104 valence electrons. The molecule has 1 aliphatic rings. The molecule has 4 heteroatoms. The number of hydrogen-bond donors (Lipinski definition) is 1. The highest BCUT2D eigenvalue weighted by Gasteiger charge is 2.27. The molecule has 1 saturated carbocycles. The summed E-state index contributed by atoms with van der Waals surface area (Å²) in [6.45, 7) is 0. The summed E-state index contributed by atoms with van der Waals surface area (Å²) in [7, 11) is 0. The molecule has 0 saturated heterocycles. The number of carbonyl (C=O) groups excluding carboxylic acids is 1. The summed E-state index contributed by atoms with van der Waals surface area (Å²) < 4.78 is 0.930. The summed E-state index contributed by atoms with van der Waals surface area (Å²) in [5.74, 6) is 0.237. The molecular weight excluding hydrogens is 326 g/mol. The summed E-state index contributed by atoms with van der Waals surface area (Å²) in [6, 6.07) is 5.68. The van der Waals surface area contributed by atoms with E-state index >= 15 is 0 Å². The van der Waals surface area contributed by atoms with Crippen molar-refractivity contribution in [1.82, 2.24) is 0 Å². The SMILES string of the molecule is NC1CCCCCC1C(=O)Cc1ccc(Br)cc1Cl. The Morgan fingerprint density at radius 1 is 1.32 bits per heavy atom. The molecule has 0 aliphatic heterocycles. The molecule has 2 N–H and O–H groups in total. The molecule has 2 rings (SSSR count). The third-order valence-electron chi connectivity index (χ3n) is 3.86. The van der Waals surface area contributed by atoms with E-state index in [2.05, 4.69) is 15.9 Å². The third kappa shape index (κ3) is 4.04. The quantitative estimate of drug-likeness (QED) is 0.838. The predicted octanol–water partition coefficient (Wildman–Crippen LogP) is 4.12. The second kappa shape index (κ2) is 6.87. The second-order valence-corrected chi connectivity index (χ2v) is 6.61. The molecule has 19 heavy (non-hydrogen) atoms. The summed E-state index contributed by atoms with van der Waals surface area (Å²) in [6.07, 6.45) is 5.72. The Kier molecular flexibility index (Phi) is 5.43. The van der Waals surface area contributed by atoms with Gasteiger partial charge >= 0.3 is 0 Å². The van der Waals surface area contributed by atoms with Gasteiger partial charge in [-0.1, -0.05) is 52.9 Å². The number of Topliss-reactive ketones (excluding diaryl/α,β-unsaturated/α-hetero) is 1. The van der Waals surface area contributed by atoms with Crippen LogP contribution in [0, 0.1) is 5.92 Å². The van der Waals surface area contributed by atoms with E-state index in [-0.39, 0.29) is 17.7 Å². The van der Waals surface area contributed by atoms with E-state index in [4.69, 9.17) is 17.3 Å². The zero-order valence-electron chi connectivity index (χ0n) is 10.9. The van der Waals surface area contributed by atoms with Crippen molar-refractivity contribution in [1.29, 1.82) is 0 Å². The Balaban J connectivity index is 2.07. The second-order valence-electron chi connectivity index (χ2n) is 5.29. The monoisotopic (exact) mass is 343 g/mol. The summed E-state index contributed by atoms with van der Waals surface area (Å²) in [5.41, 5.74) is 7.03. The summed E-state index contributed by atoms with van der Waals surface area (Å²) in [4.78, 5) is 12.4. The predicted molar refractivity (Wildman–Crippen MR) is 82.4 cm³/mol. The van der Waals surface area contributed by atoms with Crippen molar-refractivity contribution < 1.29 is 4.79 Å². The Morgan fingerprint density at radius 3 is 2.79 bits per heavy atom. The first kappa shape index (κ1) is 15.0. The highest BCUT2D eigenvalue weighted by Crippen LogP contribution is 2.27. The number of carbonyl (C=O) groups is 1. The number of benzene rings is 1. The van der Waals surface area contributed by atoms with Gasteiger partial charge in [0.25, 0.3) is 0 Å². The molecule has 2 unspecified atom stereocenters. The number of halogens is 2. The maximum absolute atomic E-state index is 12.4. The Hall–Kier alpha value is -0.380. The van der Waals surface area contributed by atoms with E-state index in [1.165, 1.54) is 6.42 Å². The van der Waals surface area contributed by atoms with Crippen LogP contribution in [0.2, 0.25) is 5.02 Å². The summed E-state index contributed by atoms with van der Waals surface area (Å²) >= 11 is 9.54. The molecule has 0 bridgehead atoms. The largest absolute Gasteiger partial charge is 0.327 e. The summed E-state index contributed by atoms with van der Waals surface area (Å²) in [5, 5.41) is 0.643. The van der Waals surface area contributed by atoms with E-state index in [1.54, 1.807) is 0 Å². The van der Waals surface area contributed by atoms with Gasteiger partial charge in [0.15, 0.2) is 0 Å². The minimum Gasteiger partial charge on any atom is -0.327 e. The van der Waals surface area contributed by atoms with Gasteiger partial charge in [-0.2, -0.15) is 0 Å². The molecule has 1 aromatic carbocycles. The average molecular weight is 345 g/mol.